The number of rotatable bonds is 10. The van der Waals surface area contributed by atoms with Crippen LogP contribution in [-0.2, 0) is 27.4 Å². The van der Waals surface area contributed by atoms with Crippen LogP contribution in [0.3, 0.4) is 0 Å². The first-order chi connectivity index (χ1) is 16.7. The number of nitrogens with one attached hydrogen (secondary N) is 1. The van der Waals surface area contributed by atoms with E-state index in [1.54, 1.807) is 6.20 Å². The van der Waals surface area contributed by atoms with Crippen LogP contribution in [0.15, 0.2) is 71.7 Å². The van der Waals surface area contributed by atoms with Crippen LogP contribution < -0.4 is 10.9 Å². The van der Waals surface area contributed by atoms with Crippen LogP contribution in [-0.4, -0.2) is 59.8 Å². The zero-order chi connectivity index (χ0) is 23.6. The number of morpholine rings is 1. The predicted molar refractivity (Wildman–Crippen MR) is 131 cm³/mol. The average molecular weight is 463 g/mol. The van der Waals surface area contributed by atoms with Gasteiger partial charge in [0.25, 0.3) is 5.56 Å². The third-order valence-electron chi connectivity index (χ3n) is 5.70. The highest BCUT2D eigenvalue weighted by Gasteiger charge is 2.16. The van der Waals surface area contributed by atoms with Gasteiger partial charge in [-0.25, -0.2) is 4.98 Å². The summed E-state index contributed by atoms with van der Waals surface area (Å²) in [5, 5.41) is 3.15. The molecule has 34 heavy (non-hydrogen) atoms. The molecule has 1 aliphatic heterocycles. The number of ether oxygens (including phenoxy) is 2. The number of hydrogen-bond acceptors (Lipinski definition) is 7. The third-order valence-corrected chi connectivity index (χ3v) is 5.70. The average Bonchev–Trinajstić information content (AvgIpc) is 2.89. The Labute approximate surface area is 199 Å². The van der Waals surface area contributed by atoms with Crippen LogP contribution in [0.1, 0.15) is 12.0 Å². The molecule has 2 heterocycles. The molecule has 8 heteroatoms. The highest BCUT2D eigenvalue weighted by Crippen LogP contribution is 2.18. The molecular weight excluding hydrogens is 432 g/mol. The molecule has 1 fully saturated rings. The Morgan fingerprint density at radius 3 is 2.47 bits per heavy atom. The molecule has 0 unspecified atom stereocenters. The van der Waals surface area contributed by atoms with Crippen molar-refractivity contribution in [1.82, 2.24) is 14.5 Å². The largest absolute Gasteiger partial charge is 0.459 e. The molecule has 0 spiro atoms. The second kappa shape index (κ2) is 12.1. The van der Waals surface area contributed by atoms with Crippen LogP contribution in [0.25, 0.3) is 11.3 Å². The van der Waals surface area contributed by atoms with Crippen molar-refractivity contribution in [3.63, 3.8) is 0 Å². The number of hydrogen-bond donors (Lipinski definition) is 1. The SMILES string of the molecule is O=C(Cn1c(-c2ccccc2)cnc(NCCCN2CCOCC2)c1=O)OCc1ccccc1. The number of nitrogens with zero attached hydrogens (tertiary/aromatic N) is 3. The second-order valence-electron chi connectivity index (χ2n) is 8.13. The molecule has 1 aromatic heterocycles. The number of carbonyl (C=O) groups excluding carboxylic acids is 1. The van der Waals surface area contributed by atoms with E-state index < -0.39 is 5.97 Å². The van der Waals surface area contributed by atoms with Crippen LogP contribution in [0.4, 0.5) is 5.82 Å². The summed E-state index contributed by atoms with van der Waals surface area (Å²) in [5.41, 5.74) is 1.93. The van der Waals surface area contributed by atoms with Gasteiger partial charge in [-0.2, -0.15) is 0 Å². The Hall–Kier alpha value is -3.49. The van der Waals surface area contributed by atoms with Gasteiger partial charge in [0.05, 0.1) is 25.1 Å². The van der Waals surface area contributed by atoms with Crippen molar-refractivity contribution < 1.29 is 14.3 Å². The first-order valence-corrected chi connectivity index (χ1v) is 11.6. The number of esters is 1. The molecule has 1 saturated heterocycles. The molecule has 1 N–H and O–H groups in total. The molecule has 1 aliphatic rings. The molecule has 0 bridgehead atoms. The molecular formula is C26H30N4O4. The smallest absolute Gasteiger partial charge is 0.326 e. The molecule has 3 aromatic rings. The third kappa shape index (κ3) is 6.52. The fourth-order valence-electron chi connectivity index (χ4n) is 3.85. The van der Waals surface area contributed by atoms with Gasteiger partial charge in [0.15, 0.2) is 5.82 Å². The van der Waals surface area contributed by atoms with E-state index in [4.69, 9.17) is 9.47 Å². The van der Waals surface area contributed by atoms with Gasteiger partial charge in [0, 0.05) is 19.6 Å². The van der Waals surface area contributed by atoms with E-state index in [-0.39, 0.29) is 24.5 Å². The maximum Gasteiger partial charge on any atom is 0.326 e. The minimum absolute atomic E-state index is 0.160. The first-order valence-electron chi connectivity index (χ1n) is 11.6. The Kier molecular flexibility index (Phi) is 8.43. The Balaban J connectivity index is 1.45. The van der Waals surface area contributed by atoms with Gasteiger partial charge >= 0.3 is 5.97 Å². The standard InChI is InChI=1S/C26H30N4O4/c31-24(34-20-21-8-3-1-4-9-21)19-30-23(22-10-5-2-6-11-22)18-28-25(26(30)32)27-12-7-13-29-14-16-33-17-15-29/h1-6,8-11,18H,7,12-17,19-20H2,(H,27,28). The molecule has 8 nitrogen and oxygen atoms in total. The summed E-state index contributed by atoms with van der Waals surface area (Å²) in [4.78, 5) is 32.6. The van der Waals surface area contributed by atoms with E-state index in [9.17, 15) is 9.59 Å². The summed E-state index contributed by atoms with van der Waals surface area (Å²) < 4.78 is 12.2. The lowest BCUT2D eigenvalue weighted by atomic mass is 10.1. The molecule has 0 saturated carbocycles. The van der Waals surface area contributed by atoms with Gasteiger partial charge < -0.3 is 14.8 Å². The molecule has 0 atom stereocenters. The number of anilines is 1. The zero-order valence-electron chi connectivity index (χ0n) is 19.2. The molecule has 178 valence electrons. The van der Waals surface area contributed by atoms with Crippen molar-refractivity contribution in [1.29, 1.82) is 0 Å². The van der Waals surface area contributed by atoms with E-state index in [0.717, 1.165) is 50.4 Å². The molecule has 0 aliphatic carbocycles. The topological polar surface area (TPSA) is 85.7 Å². The van der Waals surface area contributed by atoms with Crippen molar-refractivity contribution in [2.45, 2.75) is 19.6 Å². The number of aromatic nitrogens is 2. The monoisotopic (exact) mass is 462 g/mol. The summed E-state index contributed by atoms with van der Waals surface area (Å²) >= 11 is 0. The minimum Gasteiger partial charge on any atom is -0.459 e. The van der Waals surface area contributed by atoms with Crippen molar-refractivity contribution in [2.24, 2.45) is 0 Å². The summed E-state index contributed by atoms with van der Waals surface area (Å²) in [5.74, 6) is -0.245. The molecule has 4 rings (SSSR count). The van der Waals surface area contributed by atoms with Gasteiger partial charge in [0.2, 0.25) is 0 Å². The Morgan fingerprint density at radius 2 is 1.74 bits per heavy atom. The summed E-state index contributed by atoms with van der Waals surface area (Å²) in [6, 6.07) is 18.9. The normalized spacial score (nSPS) is 14.0. The van der Waals surface area contributed by atoms with E-state index in [0.29, 0.717) is 12.2 Å². The van der Waals surface area contributed by atoms with E-state index in [1.165, 1.54) is 4.57 Å². The fourth-order valence-corrected chi connectivity index (χ4v) is 3.85. The number of carbonyl (C=O) groups is 1. The highest BCUT2D eigenvalue weighted by atomic mass is 16.5. The Bertz CT molecular complexity index is 1110. The lowest BCUT2D eigenvalue weighted by Gasteiger charge is -2.26. The van der Waals surface area contributed by atoms with Gasteiger partial charge in [-0.1, -0.05) is 60.7 Å². The van der Waals surface area contributed by atoms with Crippen molar-refractivity contribution in [2.75, 3.05) is 44.7 Å². The quantitative estimate of drug-likeness (QED) is 0.366. The van der Waals surface area contributed by atoms with E-state index >= 15 is 0 Å². The lowest BCUT2D eigenvalue weighted by molar-refractivity contribution is -0.145. The molecule has 0 amide bonds. The first kappa shape index (κ1) is 23.7. The maximum atomic E-state index is 13.3. The molecule has 2 aromatic carbocycles. The molecule has 0 radical (unpaired) electrons. The van der Waals surface area contributed by atoms with Gasteiger partial charge in [-0.15, -0.1) is 0 Å². The predicted octanol–water partition coefficient (Wildman–Crippen LogP) is 2.79. The van der Waals surface area contributed by atoms with Gasteiger partial charge in [-0.3, -0.25) is 19.1 Å². The second-order valence-corrected chi connectivity index (χ2v) is 8.13. The lowest BCUT2D eigenvalue weighted by Crippen LogP contribution is -2.37. The van der Waals surface area contributed by atoms with Crippen LogP contribution in [0.5, 0.6) is 0 Å². The van der Waals surface area contributed by atoms with E-state index in [1.807, 2.05) is 60.7 Å². The van der Waals surface area contributed by atoms with Gasteiger partial charge in [-0.05, 0) is 24.1 Å². The highest BCUT2D eigenvalue weighted by molar-refractivity contribution is 5.71. The Morgan fingerprint density at radius 1 is 1.03 bits per heavy atom. The minimum atomic E-state index is -0.479. The summed E-state index contributed by atoms with van der Waals surface area (Å²) in [6.07, 6.45) is 2.51. The van der Waals surface area contributed by atoms with Crippen molar-refractivity contribution >= 4 is 11.8 Å². The van der Waals surface area contributed by atoms with Crippen LogP contribution in [0, 0.1) is 0 Å². The fraction of sp³-hybridized carbons (Fsp3) is 0.346. The van der Waals surface area contributed by atoms with Gasteiger partial charge in [0.1, 0.15) is 13.2 Å². The summed E-state index contributed by atoms with van der Waals surface area (Å²) in [6.45, 7) is 4.90. The van der Waals surface area contributed by atoms with E-state index in [2.05, 4.69) is 15.2 Å². The van der Waals surface area contributed by atoms with Crippen LogP contribution in [0.2, 0.25) is 0 Å². The zero-order valence-corrected chi connectivity index (χ0v) is 19.2. The maximum absolute atomic E-state index is 13.3. The van der Waals surface area contributed by atoms with Crippen molar-refractivity contribution in [3.8, 4) is 11.3 Å². The van der Waals surface area contributed by atoms with Crippen LogP contribution >= 0.6 is 0 Å². The number of benzene rings is 2. The summed E-state index contributed by atoms with van der Waals surface area (Å²) in [7, 11) is 0. The van der Waals surface area contributed by atoms with Crippen molar-refractivity contribution in [3.05, 3.63) is 82.8 Å².